The molecule has 0 aliphatic rings. The van der Waals surface area contributed by atoms with Gasteiger partial charge < -0.3 is 14.8 Å². The summed E-state index contributed by atoms with van der Waals surface area (Å²) in [5.41, 5.74) is 0.128. The van der Waals surface area contributed by atoms with E-state index < -0.39 is 11.7 Å². The van der Waals surface area contributed by atoms with E-state index in [0.29, 0.717) is 25.0 Å². The fourth-order valence-electron chi connectivity index (χ4n) is 2.76. The van der Waals surface area contributed by atoms with E-state index in [9.17, 15) is 13.2 Å². The minimum atomic E-state index is -4.32. The first-order chi connectivity index (χ1) is 12.7. The second kappa shape index (κ2) is 8.92. The average molecular weight is 381 g/mol. The molecule has 8 heteroatoms. The van der Waals surface area contributed by atoms with Crippen molar-refractivity contribution in [1.29, 1.82) is 0 Å². The van der Waals surface area contributed by atoms with Gasteiger partial charge in [-0.25, -0.2) is 4.98 Å². The molecule has 0 saturated carbocycles. The van der Waals surface area contributed by atoms with E-state index >= 15 is 0 Å². The van der Waals surface area contributed by atoms with Crippen LogP contribution in [0, 0.1) is 5.92 Å². The van der Waals surface area contributed by atoms with Crippen LogP contribution in [0.15, 0.2) is 41.7 Å². The van der Waals surface area contributed by atoms with Crippen LogP contribution in [0.2, 0.25) is 0 Å². The number of nitrogens with zero attached hydrogens (tertiary/aromatic N) is 4. The summed E-state index contributed by atoms with van der Waals surface area (Å²) in [6, 6.07) is 5.17. The highest BCUT2D eigenvalue weighted by atomic mass is 19.4. The maximum absolute atomic E-state index is 12.7. The van der Waals surface area contributed by atoms with Crippen molar-refractivity contribution < 1.29 is 13.2 Å². The summed E-state index contributed by atoms with van der Waals surface area (Å²) < 4.78 is 40.1. The molecule has 0 aliphatic carbocycles. The van der Waals surface area contributed by atoms with Crippen molar-refractivity contribution in [2.24, 2.45) is 10.9 Å². The largest absolute Gasteiger partial charge is 0.416 e. The Hall–Kier alpha value is -2.51. The molecule has 2 rings (SSSR count). The maximum atomic E-state index is 12.7. The Balaban J connectivity index is 1.96. The van der Waals surface area contributed by atoms with Crippen molar-refractivity contribution in [1.82, 2.24) is 19.8 Å². The van der Waals surface area contributed by atoms with Gasteiger partial charge in [-0.2, -0.15) is 13.2 Å². The molecular weight excluding hydrogens is 355 g/mol. The highest BCUT2D eigenvalue weighted by Gasteiger charge is 2.29. The number of aliphatic imine (C=N–C) groups is 1. The minimum absolute atomic E-state index is 0.443. The second-order valence-corrected chi connectivity index (χ2v) is 6.84. The highest BCUT2D eigenvalue weighted by molar-refractivity contribution is 5.79. The number of imidazole rings is 1. The Morgan fingerprint density at radius 2 is 1.93 bits per heavy atom. The van der Waals surface area contributed by atoms with Crippen molar-refractivity contribution in [3.63, 3.8) is 0 Å². The molecule has 5 nitrogen and oxygen atoms in total. The predicted molar refractivity (Wildman–Crippen MR) is 100 cm³/mol. The number of hydrogen-bond donors (Lipinski definition) is 1. The lowest BCUT2D eigenvalue weighted by molar-refractivity contribution is -0.137. The molecule has 0 saturated heterocycles. The quantitative estimate of drug-likeness (QED) is 0.612. The first kappa shape index (κ1) is 20.8. The lowest BCUT2D eigenvalue weighted by Gasteiger charge is -2.22. The van der Waals surface area contributed by atoms with Crippen molar-refractivity contribution in [2.45, 2.75) is 39.7 Å². The van der Waals surface area contributed by atoms with Gasteiger partial charge >= 0.3 is 6.18 Å². The molecule has 0 atom stereocenters. The van der Waals surface area contributed by atoms with E-state index in [1.165, 1.54) is 12.1 Å². The number of guanidine groups is 1. The molecule has 0 unspecified atom stereocenters. The van der Waals surface area contributed by atoms with Gasteiger partial charge in [0.2, 0.25) is 0 Å². The molecule has 0 amide bonds. The normalized spacial score (nSPS) is 12.5. The molecular formula is C19H26F3N5. The van der Waals surface area contributed by atoms with Crippen LogP contribution in [-0.4, -0.2) is 34.5 Å². The Bertz CT molecular complexity index is 747. The summed E-state index contributed by atoms with van der Waals surface area (Å²) in [4.78, 5) is 10.5. The van der Waals surface area contributed by atoms with Crippen molar-refractivity contribution in [3.05, 3.63) is 53.6 Å². The van der Waals surface area contributed by atoms with Crippen molar-refractivity contribution in [2.75, 3.05) is 14.1 Å². The summed E-state index contributed by atoms with van der Waals surface area (Å²) in [6.07, 6.45) is -0.598. The molecule has 1 N–H and O–H groups in total. The number of rotatable bonds is 6. The molecule has 0 spiro atoms. The van der Waals surface area contributed by atoms with Gasteiger partial charge in [-0.15, -0.1) is 0 Å². The lowest BCUT2D eigenvalue weighted by Crippen LogP contribution is -2.38. The van der Waals surface area contributed by atoms with E-state index in [0.717, 1.165) is 30.1 Å². The van der Waals surface area contributed by atoms with Crippen LogP contribution >= 0.6 is 0 Å². The third kappa shape index (κ3) is 6.01. The summed E-state index contributed by atoms with van der Waals surface area (Å²) in [5.74, 6) is 2.07. The smallest absolute Gasteiger partial charge is 0.349 e. The molecule has 0 bridgehead atoms. The van der Waals surface area contributed by atoms with Crippen molar-refractivity contribution in [3.8, 4) is 0 Å². The van der Waals surface area contributed by atoms with Crippen LogP contribution in [0.3, 0.4) is 0 Å². The minimum Gasteiger partial charge on any atom is -0.349 e. The highest BCUT2D eigenvalue weighted by Crippen LogP contribution is 2.29. The van der Waals surface area contributed by atoms with Gasteiger partial charge in [0.25, 0.3) is 0 Å². The molecule has 2 aromatic rings. The lowest BCUT2D eigenvalue weighted by atomic mass is 10.1. The number of hydrogen-bond acceptors (Lipinski definition) is 2. The van der Waals surface area contributed by atoms with Crippen LogP contribution < -0.4 is 5.32 Å². The zero-order chi connectivity index (χ0) is 20.0. The van der Waals surface area contributed by atoms with E-state index in [-0.39, 0.29) is 0 Å². The molecule has 1 heterocycles. The molecule has 1 aromatic heterocycles. The Morgan fingerprint density at radius 3 is 2.48 bits per heavy atom. The molecule has 0 aliphatic heterocycles. The van der Waals surface area contributed by atoms with E-state index in [2.05, 4.69) is 33.7 Å². The van der Waals surface area contributed by atoms with Gasteiger partial charge in [0.05, 0.1) is 12.1 Å². The Morgan fingerprint density at radius 1 is 1.26 bits per heavy atom. The van der Waals surface area contributed by atoms with Gasteiger partial charge in [-0.3, -0.25) is 4.99 Å². The van der Waals surface area contributed by atoms with E-state index in [1.54, 1.807) is 13.2 Å². The summed E-state index contributed by atoms with van der Waals surface area (Å²) >= 11 is 0. The SMILES string of the molecule is CN=C(NCc1nccn1CC(C)C)N(C)Cc1ccc(C(F)(F)F)cc1. The van der Waals surface area contributed by atoms with Crippen molar-refractivity contribution >= 4 is 5.96 Å². The number of benzene rings is 1. The summed E-state index contributed by atoms with van der Waals surface area (Å²) in [7, 11) is 3.51. The summed E-state index contributed by atoms with van der Waals surface area (Å²) in [6.45, 7) is 6.14. The monoisotopic (exact) mass is 381 g/mol. The van der Waals surface area contributed by atoms with Crippen LogP contribution in [-0.2, 0) is 25.8 Å². The Kier molecular flexibility index (Phi) is 6.87. The summed E-state index contributed by atoms with van der Waals surface area (Å²) in [5, 5.41) is 3.25. The van der Waals surface area contributed by atoms with Crippen LogP contribution in [0.25, 0.3) is 0 Å². The predicted octanol–water partition coefficient (Wildman–Crippen LogP) is 3.77. The Labute approximate surface area is 157 Å². The van der Waals surface area contributed by atoms with E-state index in [4.69, 9.17) is 0 Å². The maximum Gasteiger partial charge on any atom is 0.416 e. The van der Waals surface area contributed by atoms with Gasteiger partial charge in [-0.05, 0) is 23.6 Å². The molecule has 0 radical (unpaired) electrons. The fourth-order valence-corrected chi connectivity index (χ4v) is 2.76. The molecule has 27 heavy (non-hydrogen) atoms. The van der Waals surface area contributed by atoms with Gasteiger partial charge in [0.1, 0.15) is 5.82 Å². The van der Waals surface area contributed by atoms with Crippen LogP contribution in [0.4, 0.5) is 13.2 Å². The van der Waals surface area contributed by atoms with Gasteiger partial charge in [0.15, 0.2) is 5.96 Å². The molecule has 0 fully saturated rings. The first-order valence-electron chi connectivity index (χ1n) is 8.78. The molecule has 148 valence electrons. The first-order valence-corrected chi connectivity index (χ1v) is 8.78. The second-order valence-electron chi connectivity index (χ2n) is 6.84. The van der Waals surface area contributed by atoms with Crippen LogP contribution in [0.5, 0.6) is 0 Å². The van der Waals surface area contributed by atoms with Gasteiger partial charge in [-0.1, -0.05) is 26.0 Å². The average Bonchev–Trinajstić information content (AvgIpc) is 3.01. The third-order valence-corrected chi connectivity index (χ3v) is 4.04. The van der Waals surface area contributed by atoms with Gasteiger partial charge in [0, 0.05) is 39.6 Å². The number of nitrogens with one attached hydrogen (secondary N) is 1. The number of alkyl halides is 3. The number of aromatic nitrogens is 2. The number of halogens is 3. The zero-order valence-corrected chi connectivity index (χ0v) is 16.1. The zero-order valence-electron chi connectivity index (χ0n) is 16.1. The standard InChI is InChI=1S/C19H26F3N5/c1-14(2)12-27-10-9-24-17(27)11-25-18(23-3)26(4)13-15-5-7-16(8-6-15)19(20,21)22/h5-10,14H,11-13H2,1-4H3,(H,23,25). The fraction of sp³-hybridized carbons (Fsp3) is 0.474. The topological polar surface area (TPSA) is 45.5 Å². The third-order valence-electron chi connectivity index (χ3n) is 4.04. The van der Waals surface area contributed by atoms with Crippen LogP contribution in [0.1, 0.15) is 30.8 Å². The van der Waals surface area contributed by atoms with E-state index in [1.807, 2.05) is 18.1 Å². The molecule has 1 aromatic carbocycles.